The maximum atomic E-state index is 12.8. The lowest BCUT2D eigenvalue weighted by Crippen LogP contribution is -2.48. The fourth-order valence-electron chi connectivity index (χ4n) is 3.66. The van der Waals surface area contributed by atoms with Gasteiger partial charge in [0.05, 0.1) is 7.11 Å². The Kier molecular flexibility index (Phi) is 7.74. The third-order valence-corrected chi connectivity index (χ3v) is 4.70. The van der Waals surface area contributed by atoms with Gasteiger partial charge in [-0.3, -0.25) is 33.5 Å². The lowest BCUT2D eigenvalue weighted by Gasteiger charge is -2.31. The molecule has 1 amide bonds. The standard InChI is InChI=1S/C19H23N3O11/c1-8(23)21-13(7-31-9(2)24)15(32-10(3)25)16(33-11(4)26)17(21)22-12(18(28)30-5)6-14(27)20-19(22)29/h6,13,15-17H,7H2,1-5H3,(H,20,27,29)/t13-,15-,16-,17+/m1/s1. The van der Waals surface area contributed by atoms with Crippen LogP contribution in [-0.4, -0.2) is 76.2 Å². The normalized spacial score (nSPS) is 21.8. The van der Waals surface area contributed by atoms with Crippen molar-refractivity contribution in [1.29, 1.82) is 0 Å². The first-order valence-corrected chi connectivity index (χ1v) is 9.59. The molecule has 2 heterocycles. The first kappa shape index (κ1) is 25.3. The van der Waals surface area contributed by atoms with Gasteiger partial charge < -0.3 is 23.8 Å². The van der Waals surface area contributed by atoms with Crippen LogP contribution >= 0.6 is 0 Å². The minimum absolute atomic E-state index is 0.493. The summed E-state index contributed by atoms with van der Waals surface area (Å²) in [4.78, 5) is 87.7. The van der Waals surface area contributed by atoms with Crippen LogP contribution in [0.3, 0.4) is 0 Å². The zero-order valence-electron chi connectivity index (χ0n) is 18.5. The van der Waals surface area contributed by atoms with E-state index in [9.17, 15) is 33.6 Å². The van der Waals surface area contributed by atoms with E-state index < -0.39 is 77.7 Å². The molecule has 0 radical (unpaired) electrons. The van der Waals surface area contributed by atoms with Crippen molar-refractivity contribution in [3.63, 3.8) is 0 Å². The molecule has 1 fully saturated rings. The Morgan fingerprint density at radius 1 is 0.939 bits per heavy atom. The van der Waals surface area contributed by atoms with Crippen LogP contribution in [0.1, 0.15) is 44.3 Å². The number of methoxy groups -OCH3 is 1. The van der Waals surface area contributed by atoms with Crippen molar-refractivity contribution in [2.75, 3.05) is 13.7 Å². The molecule has 1 aromatic rings. The minimum Gasteiger partial charge on any atom is -0.464 e. The number of amides is 1. The molecular weight excluding hydrogens is 446 g/mol. The summed E-state index contributed by atoms with van der Waals surface area (Å²) in [6, 6.07) is -0.453. The van der Waals surface area contributed by atoms with Crippen molar-refractivity contribution >= 4 is 29.8 Å². The molecule has 1 aromatic heterocycles. The number of rotatable bonds is 6. The molecular formula is C19H23N3O11. The lowest BCUT2D eigenvalue weighted by molar-refractivity contribution is -0.166. The largest absolute Gasteiger partial charge is 0.464 e. The fraction of sp³-hybridized carbons (Fsp3) is 0.526. The average Bonchev–Trinajstić information content (AvgIpc) is 2.97. The van der Waals surface area contributed by atoms with Crippen LogP contribution in [0.15, 0.2) is 15.7 Å². The first-order valence-electron chi connectivity index (χ1n) is 9.59. The van der Waals surface area contributed by atoms with Crippen LogP contribution in [0.5, 0.6) is 0 Å². The second kappa shape index (κ2) is 10.1. The summed E-state index contributed by atoms with van der Waals surface area (Å²) in [5.41, 5.74) is -2.62. The molecule has 1 aliphatic rings. The molecule has 14 nitrogen and oxygen atoms in total. The highest BCUT2D eigenvalue weighted by atomic mass is 16.6. The molecule has 0 bridgehead atoms. The Morgan fingerprint density at radius 2 is 1.52 bits per heavy atom. The van der Waals surface area contributed by atoms with E-state index in [0.717, 1.165) is 45.8 Å². The van der Waals surface area contributed by atoms with Gasteiger partial charge in [-0.25, -0.2) is 9.59 Å². The zero-order chi connectivity index (χ0) is 25.0. The molecule has 1 N–H and O–H groups in total. The van der Waals surface area contributed by atoms with E-state index in [2.05, 4.69) is 4.74 Å². The molecule has 0 unspecified atom stereocenters. The molecule has 0 spiro atoms. The van der Waals surface area contributed by atoms with E-state index >= 15 is 0 Å². The molecule has 0 aromatic carbocycles. The molecule has 1 saturated heterocycles. The van der Waals surface area contributed by atoms with Crippen molar-refractivity contribution < 1.29 is 42.9 Å². The van der Waals surface area contributed by atoms with E-state index in [1.165, 1.54) is 0 Å². The maximum Gasteiger partial charge on any atom is 0.355 e. The van der Waals surface area contributed by atoms with Crippen molar-refractivity contribution in [1.82, 2.24) is 14.5 Å². The van der Waals surface area contributed by atoms with Gasteiger partial charge in [0.15, 0.2) is 18.4 Å². The number of H-pyrrole nitrogens is 1. The summed E-state index contributed by atoms with van der Waals surface area (Å²) in [7, 11) is 1.00. The van der Waals surface area contributed by atoms with E-state index in [-0.39, 0.29) is 0 Å². The van der Waals surface area contributed by atoms with Gasteiger partial charge in [0.1, 0.15) is 18.3 Å². The zero-order valence-corrected chi connectivity index (χ0v) is 18.5. The Hall–Kier alpha value is -3.97. The van der Waals surface area contributed by atoms with E-state index in [4.69, 9.17) is 14.2 Å². The van der Waals surface area contributed by atoms with Gasteiger partial charge in [-0.1, -0.05) is 0 Å². The summed E-state index contributed by atoms with van der Waals surface area (Å²) in [5, 5.41) is 0. The summed E-state index contributed by atoms with van der Waals surface area (Å²) in [6.07, 6.45) is -4.50. The van der Waals surface area contributed by atoms with Gasteiger partial charge in [-0.05, 0) is 0 Å². The second-order valence-electron chi connectivity index (χ2n) is 7.04. The van der Waals surface area contributed by atoms with Crippen LogP contribution in [0.2, 0.25) is 0 Å². The van der Waals surface area contributed by atoms with Gasteiger partial charge in [0.25, 0.3) is 5.56 Å². The Bertz CT molecular complexity index is 1090. The van der Waals surface area contributed by atoms with Gasteiger partial charge in [-0.2, -0.15) is 0 Å². The summed E-state index contributed by atoms with van der Waals surface area (Å²) < 4.78 is 20.9. The second-order valence-corrected chi connectivity index (χ2v) is 7.04. The minimum atomic E-state index is -1.57. The third kappa shape index (κ3) is 5.45. The van der Waals surface area contributed by atoms with Crippen LogP contribution in [0, 0.1) is 0 Å². The molecule has 2 rings (SSSR count). The van der Waals surface area contributed by atoms with Crippen molar-refractivity contribution in [3.8, 4) is 0 Å². The molecule has 0 aliphatic carbocycles. The number of hydrogen-bond acceptors (Lipinski definition) is 11. The first-order chi connectivity index (χ1) is 15.4. The number of nitrogens with zero attached hydrogens (tertiary/aromatic N) is 2. The summed E-state index contributed by atoms with van der Waals surface area (Å²) >= 11 is 0. The van der Waals surface area contributed by atoms with Crippen molar-refractivity contribution in [3.05, 3.63) is 32.6 Å². The topological polar surface area (TPSA) is 180 Å². The average molecular weight is 469 g/mol. The lowest BCUT2D eigenvalue weighted by atomic mass is 10.1. The fourth-order valence-corrected chi connectivity index (χ4v) is 3.66. The number of carbonyl (C=O) groups is 5. The number of aromatic nitrogens is 2. The predicted molar refractivity (Wildman–Crippen MR) is 106 cm³/mol. The molecule has 1 aliphatic heterocycles. The molecule has 0 saturated carbocycles. The van der Waals surface area contributed by atoms with E-state index in [1.807, 2.05) is 4.98 Å². The van der Waals surface area contributed by atoms with Gasteiger partial charge >= 0.3 is 29.6 Å². The van der Waals surface area contributed by atoms with Crippen molar-refractivity contribution in [2.45, 2.75) is 52.1 Å². The van der Waals surface area contributed by atoms with Crippen LogP contribution in [-0.2, 0) is 38.1 Å². The number of esters is 4. The number of aromatic amines is 1. The Balaban J connectivity index is 2.84. The SMILES string of the molecule is COC(=O)c1cc(=O)[nH]c(=O)n1[C@H]1[C@H](OC(C)=O)[C@H](OC(C)=O)[C@@H](COC(C)=O)N1C(C)=O. The van der Waals surface area contributed by atoms with E-state index in [0.29, 0.717) is 4.57 Å². The third-order valence-electron chi connectivity index (χ3n) is 4.70. The van der Waals surface area contributed by atoms with Crippen LogP contribution in [0.25, 0.3) is 0 Å². The highest BCUT2D eigenvalue weighted by Crippen LogP contribution is 2.37. The van der Waals surface area contributed by atoms with E-state index in [1.54, 1.807) is 0 Å². The maximum absolute atomic E-state index is 12.8. The van der Waals surface area contributed by atoms with Crippen molar-refractivity contribution in [2.24, 2.45) is 0 Å². The molecule has 180 valence electrons. The predicted octanol–water partition coefficient (Wildman–Crippen LogP) is -1.52. The van der Waals surface area contributed by atoms with Gasteiger partial charge in [0.2, 0.25) is 5.91 Å². The number of ether oxygens (including phenoxy) is 4. The quantitative estimate of drug-likeness (QED) is 0.377. The van der Waals surface area contributed by atoms with Gasteiger partial charge in [0, 0.05) is 33.8 Å². The molecule has 14 heteroatoms. The summed E-state index contributed by atoms with van der Waals surface area (Å²) in [6.45, 7) is 3.81. The Morgan fingerprint density at radius 3 is 2.00 bits per heavy atom. The number of carbonyl (C=O) groups excluding carboxylic acids is 5. The number of nitrogens with one attached hydrogen (secondary N) is 1. The van der Waals surface area contributed by atoms with Crippen LogP contribution in [0.4, 0.5) is 0 Å². The highest BCUT2D eigenvalue weighted by Gasteiger charge is 2.56. The highest BCUT2D eigenvalue weighted by molar-refractivity contribution is 5.87. The Labute approximate surface area is 186 Å². The molecule has 33 heavy (non-hydrogen) atoms. The van der Waals surface area contributed by atoms with Gasteiger partial charge in [-0.15, -0.1) is 0 Å². The monoisotopic (exact) mass is 469 g/mol. The molecule has 4 atom stereocenters. The smallest absolute Gasteiger partial charge is 0.355 e. The number of likely N-dealkylation sites (tertiary alicyclic amines) is 1. The van der Waals surface area contributed by atoms with Crippen LogP contribution < -0.4 is 11.2 Å². The number of hydrogen-bond donors (Lipinski definition) is 1. The summed E-state index contributed by atoms with van der Waals surface area (Å²) in [5.74, 6) is -4.22.